The molecule has 1 atom stereocenters. The maximum absolute atomic E-state index is 11.9. The van der Waals surface area contributed by atoms with Gasteiger partial charge in [0.05, 0.1) is 6.04 Å². The van der Waals surface area contributed by atoms with Crippen molar-refractivity contribution in [3.63, 3.8) is 0 Å². The van der Waals surface area contributed by atoms with Crippen LogP contribution in [0.1, 0.15) is 25.8 Å². The minimum Gasteiger partial charge on any atom is -0.307 e. The maximum atomic E-state index is 11.9. The van der Waals surface area contributed by atoms with Crippen LogP contribution < -0.4 is 5.32 Å². The topological polar surface area (TPSA) is 29.1 Å². The Kier molecular flexibility index (Phi) is 5.70. The summed E-state index contributed by atoms with van der Waals surface area (Å²) < 4.78 is 0. The molecular formula is C19H23NO. The molecule has 2 rings (SSSR count). The van der Waals surface area contributed by atoms with Crippen LogP contribution >= 0.6 is 0 Å². The van der Waals surface area contributed by atoms with Gasteiger partial charge in [0.2, 0.25) is 0 Å². The van der Waals surface area contributed by atoms with E-state index < -0.39 is 0 Å². The zero-order chi connectivity index (χ0) is 15.1. The lowest BCUT2D eigenvalue weighted by Gasteiger charge is -2.16. The molecule has 2 aromatic rings. The fraction of sp³-hybridized carbons (Fsp3) is 0.316. The fourth-order valence-electron chi connectivity index (χ4n) is 2.49. The molecule has 0 amide bonds. The molecule has 0 bridgehead atoms. The van der Waals surface area contributed by atoms with Gasteiger partial charge in [0.25, 0.3) is 0 Å². The van der Waals surface area contributed by atoms with Gasteiger partial charge in [-0.15, -0.1) is 0 Å². The van der Waals surface area contributed by atoms with E-state index in [1.165, 1.54) is 16.7 Å². The summed E-state index contributed by atoms with van der Waals surface area (Å²) in [5.41, 5.74) is 3.63. The van der Waals surface area contributed by atoms with Crippen molar-refractivity contribution in [2.75, 3.05) is 6.54 Å². The molecule has 1 N–H and O–H groups in total. The van der Waals surface area contributed by atoms with Crippen molar-refractivity contribution in [3.8, 4) is 11.1 Å². The summed E-state index contributed by atoms with van der Waals surface area (Å²) in [6.07, 6.45) is 1.34. The predicted octanol–water partition coefficient (Wildman–Crippen LogP) is 3.85. The third-order valence-electron chi connectivity index (χ3n) is 3.69. The molecule has 0 saturated heterocycles. The Morgan fingerprint density at radius 3 is 2.14 bits per heavy atom. The van der Waals surface area contributed by atoms with E-state index in [1.807, 2.05) is 32.0 Å². The summed E-state index contributed by atoms with van der Waals surface area (Å²) in [5.74, 6) is 0.281. The molecule has 0 aliphatic rings. The lowest BCUT2D eigenvalue weighted by atomic mass is 9.98. The molecule has 21 heavy (non-hydrogen) atoms. The number of hydrogen-bond acceptors (Lipinski definition) is 2. The molecule has 0 aliphatic carbocycles. The van der Waals surface area contributed by atoms with Crippen molar-refractivity contribution in [2.45, 2.75) is 32.7 Å². The van der Waals surface area contributed by atoms with Crippen LogP contribution in [0.2, 0.25) is 0 Å². The van der Waals surface area contributed by atoms with Gasteiger partial charge >= 0.3 is 0 Å². The number of nitrogens with one attached hydrogen (secondary N) is 1. The first-order chi connectivity index (χ1) is 10.2. The molecular weight excluding hydrogens is 258 g/mol. The van der Waals surface area contributed by atoms with E-state index in [0.29, 0.717) is 6.42 Å². The largest absolute Gasteiger partial charge is 0.307 e. The molecule has 0 saturated carbocycles. The van der Waals surface area contributed by atoms with E-state index >= 15 is 0 Å². The van der Waals surface area contributed by atoms with Crippen LogP contribution in [0.4, 0.5) is 0 Å². The van der Waals surface area contributed by atoms with Gasteiger partial charge in [-0.2, -0.15) is 0 Å². The summed E-state index contributed by atoms with van der Waals surface area (Å²) in [4.78, 5) is 11.9. The summed E-state index contributed by atoms with van der Waals surface area (Å²) >= 11 is 0. The normalized spacial score (nSPS) is 12.1. The minimum atomic E-state index is -0.0671. The number of likely N-dealkylation sites (N-methyl/N-ethyl adjacent to an activating group) is 1. The Morgan fingerprint density at radius 1 is 0.952 bits per heavy atom. The quantitative estimate of drug-likeness (QED) is 0.835. The molecule has 2 nitrogen and oxygen atoms in total. The number of carbonyl (C=O) groups is 1. The molecule has 0 aromatic heterocycles. The number of hydrogen-bond donors (Lipinski definition) is 1. The molecule has 0 fully saturated rings. The van der Waals surface area contributed by atoms with E-state index in [-0.39, 0.29) is 11.8 Å². The Labute approximate surface area is 127 Å². The molecule has 0 radical (unpaired) electrons. The van der Waals surface area contributed by atoms with Gasteiger partial charge in [-0.25, -0.2) is 0 Å². The first-order valence-electron chi connectivity index (χ1n) is 7.65. The van der Waals surface area contributed by atoms with Crippen molar-refractivity contribution in [2.24, 2.45) is 0 Å². The zero-order valence-corrected chi connectivity index (χ0v) is 12.8. The standard InChI is InChI=1S/C19H23NO/c1-3-19(21)18(20-4-2)14-15-10-12-17(13-11-15)16-8-6-5-7-9-16/h5-13,18,20H,3-4,14H2,1-2H3/t18-/m1/s1. The van der Waals surface area contributed by atoms with Gasteiger partial charge in [0.15, 0.2) is 0 Å². The highest BCUT2D eigenvalue weighted by Crippen LogP contribution is 2.19. The van der Waals surface area contributed by atoms with Gasteiger partial charge in [-0.3, -0.25) is 4.79 Å². The number of ketones is 1. The average molecular weight is 281 g/mol. The number of rotatable bonds is 7. The SMILES string of the molecule is CCN[C@H](Cc1ccc(-c2ccccc2)cc1)C(=O)CC. The van der Waals surface area contributed by atoms with Crippen LogP contribution in [-0.4, -0.2) is 18.4 Å². The van der Waals surface area contributed by atoms with Gasteiger partial charge in [0, 0.05) is 6.42 Å². The summed E-state index contributed by atoms with van der Waals surface area (Å²) in [7, 11) is 0. The first kappa shape index (κ1) is 15.5. The van der Waals surface area contributed by atoms with Gasteiger partial charge in [-0.1, -0.05) is 68.4 Å². The second-order valence-electron chi connectivity index (χ2n) is 5.20. The molecule has 2 heteroatoms. The highest BCUT2D eigenvalue weighted by Gasteiger charge is 2.15. The Morgan fingerprint density at radius 2 is 1.57 bits per heavy atom. The van der Waals surface area contributed by atoms with Crippen LogP contribution in [0, 0.1) is 0 Å². The second kappa shape index (κ2) is 7.75. The molecule has 0 aliphatic heterocycles. The smallest absolute Gasteiger partial charge is 0.149 e. The van der Waals surface area contributed by atoms with E-state index in [9.17, 15) is 4.79 Å². The monoisotopic (exact) mass is 281 g/mol. The minimum absolute atomic E-state index is 0.0671. The average Bonchev–Trinajstić information content (AvgIpc) is 2.55. The zero-order valence-electron chi connectivity index (χ0n) is 12.8. The summed E-state index contributed by atoms with van der Waals surface area (Å²) in [6, 6.07) is 18.8. The Hall–Kier alpha value is -1.93. The van der Waals surface area contributed by atoms with Gasteiger partial charge < -0.3 is 5.32 Å². The third kappa shape index (κ3) is 4.27. The summed E-state index contributed by atoms with van der Waals surface area (Å²) in [6.45, 7) is 4.78. The van der Waals surface area contributed by atoms with Crippen molar-refractivity contribution in [1.29, 1.82) is 0 Å². The van der Waals surface area contributed by atoms with Crippen molar-refractivity contribution >= 4 is 5.78 Å². The van der Waals surface area contributed by atoms with Crippen molar-refractivity contribution in [3.05, 3.63) is 60.2 Å². The van der Waals surface area contributed by atoms with Crippen molar-refractivity contribution < 1.29 is 4.79 Å². The molecule has 0 heterocycles. The second-order valence-corrected chi connectivity index (χ2v) is 5.20. The Bertz CT molecular complexity index is 560. The lowest BCUT2D eigenvalue weighted by Crippen LogP contribution is -2.38. The molecule has 0 unspecified atom stereocenters. The van der Waals surface area contributed by atoms with Crippen LogP contribution in [0.5, 0.6) is 0 Å². The van der Waals surface area contributed by atoms with E-state index in [2.05, 4.69) is 41.7 Å². The number of carbonyl (C=O) groups excluding carboxylic acids is 1. The highest BCUT2D eigenvalue weighted by atomic mass is 16.1. The summed E-state index contributed by atoms with van der Waals surface area (Å²) in [5, 5.41) is 3.28. The molecule has 0 spiro atoms. The number of Topliss-reactive ketones (excluding diaryl/α,β-unsaturated/α-hetero) is 1. The highest BCUT2D eigenvalue weighted by molar-refractivity contribution is 5.84. The number of benzene rings is 2. The third-order valence-corrected chi connectivity index (χ3v) is 3.69. The van der Waals surface area contributed by atoms with Gasteiger partial charge in [-0.05, 0) is 29.7 Å². The van der Waals surface area contributed by atoms with E-state index in [4.69, 9.17) is 0 Å². The van der Waals surface area contributed by atoms with Crippen LogP contribution in [-0.2, 0) is 11.2 Å². The van der Waals surface area contributed by atoms with Crippen LogP contribution in [0.3, 0.4) is 0 Å². The maximum Gasteiger partial charge on any atom is 0.149 e. The molecule has 2 aromatic carbocycles. The predicted molar refractivity (Wildman–Crippen MR) is 88.3 cm³/mol. The van der Waals surface area contributed by atoms with Gasteiger partial charge in [0.1, 0.15) is 5.78 Å². The van der Waals surface area contributed by atoms with Crippen LogP contribution in [0.25, 0.3) is 11.1 Å². The van der Waals surface area contributed by atoms with Crippen molar-refractivity contribution in [1.82, 2.24) is 5.32 Å². The fourth-order valence-corrected chi connectivity index (χ4v) is 2.49. The lowest BCUT2D eigenvalue weighted by molar-refractivity contribution is -0.120. The molecule has 110 valence electrons. The van der Waals surface area contributed by atoms with Crippen LogP contribution in [0.15, 0.2) is 54.6 Å². The van der Waals surface area contributed by atoms with E-state index in [0.717, 1.165) is 13.0 Å². The Balaban J connectivity index is 2.09. The van der Waals surface area contributed by atoms with E-state index in [1.54, 1.807) is 0 Å². The first-order valence-corrected chi connectivity index (χ1v) is 7.65.